The zero-order valence-electron chi connectivity index (χ0n) is 16.2. The van der Waals surface area contributed by atoms with E-state index in [1.807, 2.05) is 31.3 Å². The molecule has 0 bridgehead atoms. The number of pyridine rings is 1. The Balaban J connectivity index is 1.44. The molecular weight excluding hydrogens is 370 g/mol. The van der Waals surface area contributed by atoms with E-state index in [0.29, 0.717) is 37.4 Å². The van der Waals surface area contributed by atoms with Gasteiger partial charge in [0.15, 0.2) is 0 Å². The number of hydrogen-bond acceptors (Lipinski definition) is 6. The van der Waals surface area contributed by atoms with Crippen LogP contribution in [-0.4, -0.2) is 45.6 Å². The molecule has 8 heteroatoms. The van der Waals surface area contributed by atoms with Crippen LogP contribution in [0.1, 0.15) is 39.9 Å². The van der Waals surface area contributed by atoms with Crippen LogP contribution in [0.15, 0.2) is 36.5 Å². The Morgan fingerprint density at radius 3 is 2.66 bits per heavy atom. The second kappa shape index (κ2) is 7.63. The Morgan fingerprint density at radius 2 is 1.93 bits per heavy atom. The summed E-state index contributed by atoms with van der Waals surface area (Å²) < 4.78 is 0. The Bertz CT molecular complexity index is 973. The van der Waals surface area contributed by atoms with Crippen molar-refractivity contribution in [1.29, 1.82) is 0 Å². The van der Waals surface area contributed by atoms with Crippen molar-refractivity contribution in [2.24, 2.45) is 0 Å². The van der Waals surface area contributed by atoms with Crippen molar-refractivity contribution in [3.8, 4) is 0 Å². The topological polar surface area (TPSA) is 109 Å². The number of nitrogens with one attached hydrogen (secondary N) is 1. The number of piperidine rings is 1. The molecule has 3 heterocycles. The molecule has 1 saturated heterocycles. The second-order valence-electron chi connectivity index (χ2n) is 7.66. The minimum absolute atomic E-state index is 0.151. The summed E-state index contributed by atoms with van der Waals surface area (Å²) in [5.41, 5.74) is 9.25. The standard InChI is InChI=1S/C21H23N5O3/c1-25(11-14-3-6-18(22)23-9-14)10-13-2-4-15-12-26(21(29)16(15)8-13)17-5-7-19(27)24-20(17)28/h2-4,6,8-9,17H,5,7,10-12H2,1H3,(H2,22,23)(H,24,27,28). The lowest BCUT2D eigenvalue weighted by atomic mass is 10.0. The molecule has 2 aliphatic rings. The van der Waals surface area contributed by atoms with Crippen LogP contribution < -0.4 is 11.1 Å². The monoisotopic (exact) mass is 393 g/mol. The number of nitrogens with two attached hydrogens (primary N) is 1. The molecular formula is C21H23N5O3. The first-order chi connectivity index (χ1) is 13.9. The maximum atomic E-state index is 12.9. The van der Waals surface area contributed by atoms with Crippen molar-refractivity contribution in [2.75, 3.05) is 12.8 Å². The molecule has 1 aromatic heterocycles. The lowest BCUT2D eigenvalue weighted by Crippen LogP contribution is -2.52. The van der Waals surface area contributed by atoms with E-state index in [0.717, 1.165) is 16.7 Å². The molecule has 0 aliphatic carbocycles. The van der Waals surface area contributed by atoms with Crippen LogP contribution in [0.3, 0.4) is 0 Å². The first-order valence-corrected chi connectivity index (χ1v) is 9.56. The summed E-state index contributed by atoms with van der Waals surface area (Å²) in [5.74, 6) is -0.327. The van der Waals surface area contributed by atoms with E-state index >= 15 is 0 Å². The highest BCUT2D eigenvalue weighted by atomic mass is 16.2. The van der Waals surface area contributed by atoms with Crippen LogP contribution in [0, 0.1) is 0 Å². The molecule has 2 aliphatic heterocycles. The third-order valence-electron chi connectivity index (χ3n) is 5.35. The van der Waals surface area contributed by atoms with Gasteiger partial charge in [0.2, 0.25) is 11.8 Å². The Hall–Kier alpha value is -3.26. The normalized spacial score (nSPS) is 18.9. The minimum Gasteiger partial charge on any atom is -0.384 e. The summed E-state index contributed by atoms with van der Waals surface area (Å²) in [6.07, 6.45) is 2.39. The van der Waals surface area contributed by atoms with Crippen LogP contribution in [0.5, 0.6) is 0 Å². The fraction of sp³-hybridized carbons (Fsp3) is 0.333. The quantitative estimate of drug-likeness (QED) is 0.736. The maximum absolute atomic E-state index is 12.9. The van der Waals surface area contributed by atoms with E-state index in [9.17, 15) is 14.4 Å². The van der Waals surface area contributed by atoms with Gasteiger partial charge in [-0.3, -0.25) is 24.6 Å². The SMILES string of the molecule is CN(Cc1ccc(N)nc1)Cc1ccc2c(c1)C(=O)N(C1CCC(=O)NC1=O)C2. The number of anilines is 1. The summed E-state index contributed by atoms with van der Waals surface area (Å²) >= 11 is 0. The first kappa shape index (κ1) is 19.1. The lowest BCUT2D eigenvalue weighted by molar-refractivity contribution is -0.136. The molecule has 1 atom stereocenters. The molecule has 0 radical (unpaired) electrons. The van der Waals surface area contributed by atoms with Crippen LogP contribution >= 0.6 is 0 Å². The number of fused-ring (bicyclic) bond motifs is 1. The number of aromatic nitrogens is 1. The molecule has 0 spiro atoms. The van der Waals surface area contributed by atoms with Crippen molar-refractivity contribution in [3.05, 3.63) is 58.8 Å². The number of rotatable bonds is 5. The van der Waals surface area contributed by atoms with Crippen molar-refractivity contribution in [3.63, 3.8) is 0 Å². The maximum Gasteiger partial charge on any atom is 0.255 e. The van der Waals surface area contributed by atoms with Gasteiger partial charge in [0, 0.05) is 37.8 Å². The van der Waals surface area contributed by atoms with Gasteiger partial charge >= 0.3 is 0 Å². The van der Waals surface area contributed by atoms with E-state index in [-0.39, 0.29) is 24.1 Å². The van der Waals surface area contributed by atoms with E-state index < -0.39 is 6.04 Å². The molecule has 29 heavy (non-hydrogen) atoms. The number of carbonyl (C=O) groups is 3. The first-order valence-electron chi connectivity index (χ1n) is 9.56. The van der Waals surface area contributed by atoms with Gasteiger partial charge in [0.05, 0.1) is 0 Å². The lowest BCUT2D eigenvalue weighted by Gasteiger charge is -2.29. The largest absolute Gasteiger partial charge is 0.384 e. The van der Waals surface area contributed by atoms with Gasteiger partial charge in [0.25, 0.3) is 5.91 Å². The van der Waals surface area contributed by atoms with E-state index in [2.05, 4.69) is 15.2 Å². The van der Waals surface area contributed by atoms with Gasteiger partial charge in [0.1, 0.15) is 11.9 Å². The predicted octanol–water partition coefficient (Wildman–Crippen LogP) is 1.06. The van der Waals surface area contributed by atoms with Gasteiger partial charge in [-0.15, -0.1) is 0 Å². The number of benzene rings is 1. The highest BCUT2D eigenvalue weighted by molar-refractivity contribution is 6.05. The summed E-state index contributed by atoms with van der Waals surface area (Å²) in [7, 11) is 2.00. The van der Waals surface area contributed by atoms with E-state index in [1.54, 1.807) is 17.2 Å². The van der Waals surface area contributed by atoms with E-state index in [1.165, 1.54) is 0 Å². The molecule has 8 nitrogen and oxygen atoms in total. The molecule has 2 aromatic rings. The van der Waals surface area contributed by atoms with Crippen LogP contribution in [0.25, 0.3) is 0 Å². The van der Waals surface area contributed by atoms with Crippen LogP contribution in [0.2, 0.25) is 0 Å². The van der Waals surface area contributed by atoms with Crippen molar-refractivity contribution in [2.45, 2.75) is 38.5 Å². The minimum atomic E-state index is -0.586. The zero-order valence-corrected chi connectivity index (χ0v) is 16.2. The fourth-order valence-corrected chi connectivity index (χ4v) is 3.91. The Labute approximate surface area is 168 Å². The highest BCUT2D eigenvalue weighted by Gasteiger charge is 2.39. The molecule has 150 valence electrons. The number of imide groups is 1. The van der Waals surface area contributed by atoms with Gasteiger partial charge in [-0.2, -0.15) is 0 Å². The van der Waals surface area contributed by atoms with Gasteiger partial charge < -0.3 is 10.6 Å². The fourth-order valence-electron chi connectivity index (χ4n) is 3.91. The van der Waals surface area contributed by atoms with Crippen molar-refractivity contribution >= 4 is 23.5 Å². The Morgan fingerprint density at radius 1 is 1.17 bits per heavy atom. The summed E-state index contributed by atoms with van der Waals surface area (Å²) in [5, 5.41) is 2.33. The van der Waals surface area contributed by atoms with Crippen molar-refractivity contribution in [1.82, 2.24) is 20.1 Å². The van der Waals surface area contributed by atoms with Crippen LogP contribution in [-0.2, 0) is 29.2 Å². The molecule has 3 N–H and O–H groups in total. The average Bonchev–Trinajstić information content (AvgIpc) is 3.00. The molecule has 1 fully saturated rings. The van der Waals surface area contributed by atoms with Gasteiger partial charge in [-0.25, -0.2) is 4.98 Å². The number of hydrogen-bond donors (Lipinski definition) is 2. The third kappa shape index (κ3) is 3.97. The average molecular weight is 393 g/mol. The van der Waals surface area contributed by atoms with Gasteiger partial charge in [-0.1, -0.05) is 18.2 Å². The number of amides is 3. The summed E-state index contributed by atoms with van der Waals surface area (Å²) in [6.45, 7) is 1.78. The Kier molecular flexibility index (Phi) is 5.02. The zero-order chi connectivity index (χ0) is 20.5. The number of nitrogens with zero attached hydrogens (tertiary/aromatic N) is 3. The van der Waals surface area contributed by atoms with Crippen molar-refractivity contribution < 1.29 is 14.4 Å². The molecule has 3 amide bonds. The number of nitrogen functional groups attached to an aromatic ring is 1. The van der Waals surface area contributed by atoms with Gasteiger partial charge in [-0.05, 0) is 42.3 Å². The third-order valence-corrected chi connectivity index (χ3v) is 5.35. The number of carbonyl (C=O) groups excluding carboxylic acids is 3. The summed E-state index contributed by atoms with van der Waals surface area (Å²) in [6, 6.07) is 9.01. The second-order valence-corrected chi connectivity index (χ2v) is 7.66. The molecule has 4 rings (SSSR count). The molecule has 0 saturated carbocycles. The van der Waals surface area contributed by atoms with Crippen LogP contribution in [0.4, 0.5) is 5.82 Å². The smallest absolute Gasteiger partial charge is 0.255 e. The predicted molar refractivity (Wildman–Crippen MR) is 106 cm³/mol. The summed E-state index contributed by atoms with van der Waals surface area (Å²) in [4.78, 5) is 44.2. The highest BCUT2D eigenvalue weighted by Crippen LogP contribution is 2.28. The molecule has 1 unspecified atom stereocenters. The molecule has 1 aromatic carbocycles. The van der Waals surface area contributed by atoms with E-state index in [4.69, 9.17) is 5.73 Å².